The van der Waals surface area contributed by atoms with Gasteiger partial charge in [-0.25, -0.2) is 0 Å². The fourth-order valence-corrected chi connectivity index (χ4v) is 2.71. The van der Waals surface area contributed by atoms with Gasteiger partial charge in [0.2, 0.25) is 0 Å². The van der Waals surface area contributed by atoms with E-state index in [1.54, 1.807) is 23.9 Å². The molecule has 0 aliphatic heterocycles. The SMILES string of the molecule is CCSc1ccccc1NC(=O)COc1cccc(C(F)(F)F)c1. The molecule has 0 fully saturated rings. The van der Waals surface area contributed by atoms with Crippen molar-refractivity contribution in [2.45, 2.75) is 18.0 Å². The molecule has 7 heteroatoms. The summed E-state index contributed by atoms with van der Waals surface area (Å²) in [6.45, 7) is 1.63. The van der Waals surface area contributed by atoms with Crippen LogP contribution in [0, 0.1) is 0 Å². The average Bonchev–Trinajstić information content (AvgIpc) is 2.54. The summed E-state index contributed by atoms with van der Waals surface area (Å²) in [7, 11) is 0. The first-order chi connectivity index (χ1) is 11.4. The number of hydrogen-bond acceptors (Lipinski definition) is 3. The van der Waals surface area contributed by atoms with Crippen molar-refractivity contribution in [1.82, 2.24) is 0 Å². The number of benzene rings is 2. The maximum absolute atomic E-state index is 12.6. The standard InChI is InChI=1S/C17H16F3NO2S/c1-2-24-15-9-4-3-8-14(15)21-16(22)11-23-13-7-5-6-12(10-13)17(18,19)20/h3-10H,2,11H2,1H3,(H,21,22). The molecular weight excluding hydrogens is 339 g/mol. The molecule has 2 aromatic carbocycles. The summed E-state index contributed by atoms with van der Waals surface area (Å²) in [6, 6.07) is 11.7. The minimum Gasteiger partial charge on any atom is -0.484 e. The molecular formula is C17H16F3NO2S. The van der Waals surface area contributed by atoms with Crippen LogP contribution in [0.1, 0.15) is 12.5 Å². The van der Waals surface area contributed by atoms with Gasteiger partial charge in [-0.05, 0) is 36.1 Å². The fourth-order valence-electron chi connectivity index (χ4n) is 1.95. The number of thioether (sulfide) groups is 1. The number of halogens is 3. The van der Waals surface area contributed by atoms with Gasteiger partial charge >= 0.3 is 6.18 Å². The van der Waals surface area contributed by atoms with E-state index in [1.807, 2.05) is 19.1 Å². The largest absolute Gasteiger partial charge is 0.484 e. The number of ether oxygens (including phenoxy) is 1. The van der Waals surface area contributed by atoms with Crippen molar-refractivity contribution in [2.75, 3.05) is 17.7 Å². The summed E-state index contributed by atoms with van der Waals surface area (Å²) in [5.41, 5.74) is -0.160. The van der Waals surface area contributed by atoms with E-state index >= 15 is 0 Å². The molecule has 0 aliphatic rings. The van der Waals surface area contributed by atoms with Crippen molar-refractivity contribution >= 4 is 23.4 Å². The second-order valence-electron chi connectivity index (χ2n) is 4.79. The Kier molecular flexibility index (Phi) is 6.14. The first kappa shape index (κ1) is 18.2. The van der Waals surface area contributed by atoms with Crippen LogP contribution in [0.5, 0.6) is 5.75 Å². The quantitative estimate of drug-likeness (QED) is 0.754. The van der Waals surface area contributed by atoms with Gasteiger partial charge in [-0.15, -0.1) is 11.8 Å². The number of alkyl halides is 3. The van der Waals surface area contributed by atoms with Crippen LogP contribution < -0.4 is 10.1 Å². The van der Waals surface area contributed by atoms with Crippen LogP contribution in [-0.2, 0) is 11.0 Å². The molecule has 128 valence electrons. The Hall–Kier alpha value is -2.15. The highest BCUT2D eigenvalue weighted by molar-refractivity contribution is 7.99. The van der Waals surface area contributed by atoms with Crippen LogP contribution in [0.25, 0.3) is 0 Å². The molecule has 0 aromatic heterocycles. The Morgan fingerprint density at radius 1 is 1.17 bits per heavy atom. The molecule has 0 atom stereocenters. The lowest BCUT2D eigenvalue weighted by Crippen LogP contribution is -2.20. The second-order valence-corrected chi connectivity index (χ2v) is 6.10. The van der Waals surface area contributed by atoms with Gasteiger partial charge in [-0.1, -0.05) is 25.1 Å². The van der Waals surface area contributed by atoms with E-state index in [4.69, 9.17) is 4.74 Å². The fraction of sp³-hybridized carbons (Fsp3) is 0.235. The van der Waals surface area contributed by atoms with Gasteiger partial charge in [-0.3, -0.25) is 4.79 Å². The minimum atomic E-state index is -4.45. The van der Waals surface area contributed by atoms with Crippen LogP contribution in [0.15, 0.2) is 53.4 Å². The smallest absolute Gasteiger partial charge is 0.416 e. The number of anilines is 1. The minimum absolute atomic E-state index is 0.00352. The Morgan fingerprint density at radius 2 is 1.92 bits per heavy atom. The van der Waals surface area contributed by atoms with Gasteiger partial charge in [0.05, 0.1) is 11.3 Å². The lowest BCUT2D eigenvalue weighted by molar-refractivity contribution is -0.137. The summed E-state index contributed by atoms with van der Waals surface area (Å²) in [6.07, 6.45) is -4.45. The van der Waals surface area contributed by atoms with Crippen LogP contribution in [-0.4, -0.2) is 18.3 Å². The Bertz CT molecular complexity index is 704. The van der Waals surface area contributed by atoms with Gasteiger partial charge in [-0.2, -0.15) is 13.2 Å². The van der Waals surface area contributed by atoms with E-state index in [1.165, 1.54) is 12.1 Å². The number of amides is 1. The molecule has 1 amide bonds. The summed E-state index contributed by atoms with van der Waals surface area (Å²) >= 11 is 1.58. The van der Waals surface area contributed by atoms with Gasteiger partial charge in [0.15, 0.2) is 6.61 Å². The molecule has 0 spiro atoms. The van der Waals surface area contributed by atoms with E-state index in [0.717, 1.165) is 22.8 Å². The third-order valence-electron chi connectivity index (χ3n) is 2.99. The molecule has 2 rings (SSSR count). The Balaban J connectivity index is 1.97. The van der Waals surface area contributed by atoms with E-state index in [-0.39, 0.29) is 12.4 Å². The predicted molar refractivity (Wildman–Crippen MR) is 88.4 cm³/mol. The normalized spacial score (nSPS) is 11.2. The number of carbonyl (C=O) groups excluding carboxylic acids is 1. The maximum Gasteiger partial charge on any atom is 0.416 e. The molecule has 0 bridgehead atoms. The molecule has 24 heavy (non-hydrogen) atoms. The van der Waals surface area contributed by atoms with E-state index in [2.05, 4.69) is 5.32 Å². The molecule has 0 radical (unpaired) electrons. The average molecular weight is 355 g/mol. The van der Waals surface area contributed by atoms with Crippen molar-refractivity contribution in [3.05, 3.63) is 54.1 Å². The van der Waals surface area contributed by atoms with Crippen molar-refractivity contribution in [2.24, 2.45) is 0 Å². The highest BCUT2D eigenvalue weighted by atomic mass is 32.2. The van der Waals surface area contributed by atoms with Gasteiger partial charge in [0.25, 0.3) is 5.91 Å². The van der Waals surface area contributed by atoms with Crippen molar-refractivity contribution < 1.29 is 22.7 Å². The molecule has 0 aliphatic carbocycles. The third-order valence-corrected chi connectivity index (χ3v) is 3.95. The zero-order chi connectivity index (χ0) is 17.6. The van der Waals surface area contributed by atoms with Crippen LogP contribution >= 0.6 is 11.8 Å². The molecule has 0 saturated heterocycles. The van der Waals surface area contributed by atoms with Crippen LogP contribution in [0.4, 0.5) is 18.9 Å². The zero-order valence-electron chi connectivity index (χ0n) is 12.9. The zero-order valence-corrected chi connectivity index (χ0v) is 13.7. The second kappa shape index (κ2) is 8.10. The number of para-hydroxylation sites is 1. The van der Waals surface area contributed by atoms with Crippen molar-refractivity contribution in [3.8, 4) is 5.75 Å². The number of hydrogen-bond donors (Lipinski definition) is 1. The monoisotopic (exact) mass is 355 g/mol. The van der Waals surface area contributed by atoms with Crippen LogP contribution in [0.3, 0.4) is 0 Å². The molecule has 2 aromatic rings. The Labute approximate surface area is 142 Å². The van der Waals surface area contributed by atoms with Gasteiger partial charge < -0.3 is 10.1 Å². The molecule has 0 heterocycles. The summed E-state index contributed by atoms with van der Waals surface area (Å²) < 4.78 is 43.1. The lowest BCUT2D eigenvalue weighted by Gasteiger charge is -2.12. The van der Waals surface area contributed by atoms with E-state index in [9.17, 15) is 18.0 Å². The summed E-state index contributed by atoms with van der Waals surface area (Å²) in [5.74, 6) is 0.418. The first-order valence-corrected chi connectivity index (χ1v) is 8.20. The highest BCUT2D eigenvalue weighted by Crippen LogP contribution is 2.31. The van der Waals surface area contributed by atoms with E-state index in [0.29, 0.717) is 5.69 Å². The van der Waals surface area contributed by atoms with Gasteiger partial charge in [0, 0.05) is 4.90 Å². The van der Waals surface area contributed by atoms with Crippen molar-refractivity contribution in [3.63, 3.8) is 0 Å². The Morgan fingerprint density at radius 3 is 2.62 bits per heavy atom. The predicted octanol–water partition coefficient (Wildman–Crippen LogP) is 4.83. The number of rotatable bonds is 6. The molecule has 0 unspecified atom stereocenters. The van der Waals surface area contributed by atoms with Crippen molar-refractivity contribution in [1.29, 1.82) is 0 Å². The topological polar surface area (TPSA) is 38.3 Å². The third kappa shape index (κ3) is 5.19. The maximum atomic E-state index is 12.6. The van der Waals surface area contributed by atoms with Crippen LogP contribution in [0.2, 0.25) is 0 Å². The number of nitrogens with one attached hydrogen (secondary N) is 1. The number of carbonyl (C=O) groups is 1. The van der Waals surface area contributed by atoms with E-state index < -0.39 is 17.6 Å². The molecule has 3 nitrogen and oxygen atoms in total. The first-order valence-electron chi connectivity index (χ1n) is 7.22. The summed E-state index contributed by atoms with van der Waals surface area (Å²) in [4.78, 5) is 12.9. The lowest BCUT2D eigenvalue weighted by atomic mass is 10.2. The highest BCUT2D eigenvalue weighted by Gasteiger charge is 2.30. The molecule has 1 N–H and O–H groups in total. The van der Waals surface area contributed by atoms with Gasteiger partial charge in [0.1, 0.15) is 5.75 Å². The molecule has 0 saturated carbocycles. The summed E-state index contributed by atoms with van der Waals surface area (Å²) in [5, 5.41) is 2.70.